The van der Waals surface area contributed by atoms with Crippen molar-refractivity contribution in [1.29, 1.82) is 0 Å². The molecule has 15 heavy (non-hydrogen) atoms. The minimum atomic E-state index is -0.343. The molecule has 0 fully saturated rings. The molecule has 3 heteroatoms. The summed E-state index contributed by atoms with van der Waals surface area (Å²) < 4.78 is 10.2. The van der Waals surface area contributed by atoms with Gasteiger partial charge in [0.2, 0.25) is 0 Å². The Bertz CT molecular complexity index is 256. The summed E-state index contributed by atoms with van der Waals surface area (Å²) in [4.78, 5) is 10.8. The summed E-state index contributed by atoms with van der Waals surface area (Å²) >= 11 is 0. The maximum Gasteiger partial charge on any atom is 0.330 e. The van der Waals surface area contributed by atoms with Gasteiger partial charge in [-0.05, 0) is 32.3 Å². The largest absolute Gasteiger partial charge is 0.466 e. The van der Waals surface area contributed by atoms with Crippen LogP contribution >= 0.6 is 0 Å². The number of allylic oxidation sites excluding steroid dienone is 1. The van der Waals surface area contributed by atoms with Crippen LogP contribution in [0.5, 0.6) is 0 Å². The molecule has 2 atom stereocenters. The Morgan fingerprint density at radius 3 is 3.00 bits per heavy atom. The van der Waals surface area contributed by atoms with Crippen molar-refractivity contribution in [2.24, 2.45) is 0 Å². The number of esters is 1. The van der Waals surface area contributed by atoms with Gasteiger partial charge in [0.1, 0.15) is 0 Å². The van der Waals surface area contributed by atoms with Crippen molar-refractivity contribution in [2.45, 2.75) is 38.4 Å². The summed E-state index contributed by atoms with van der Waals surface area (Å²) in [5, 5.41) is 0. The van der Waals surface area contributed by atoms with Gasteiger partial charge in [-0.2, -0.15) is 0 Å². The highest BCUT2D eigenvalue weighted by Crippen LogP contribution is 2.15. The first-order valence-electron chi connectivity index (χ1n) is 5.30. The van der Waals surface area contributed by atoms with Gasteiger partial charge in [-0.1, -0.05) is 12.2 Å². The van der Waals surface area contributed by atoms with Gasteiger partial charge in [0.05, 0.1) is 19.3 Å². The lowest BCUT2D eigenvalue weighted by Crippen LogP contribution is -2.18. The summed E-state index contributed by atoms with van der Waals surface area (Å²) in [5.74, 6) is -0.343. The second kappa shape index (κ2) is 6.40. The fourth-order valence-corrected chi connectivity index (χ4v) is 1.50. The van der Waals surface area contributed by atoms with E-state index in [2.05, 4.69) is 16.9 Å². The van der Waals surface area contributed by atoms with Gasteiger partial charge in [0, 0.05) is 6.08 Å². The Labute approximate surface area is 90.8 Å². The van der Waals surface area contributed by atoms with E-state index in [1.54, 1.807) is 6.08 Å². The van der Waals surface area contributed by atoms with Gasteiger partial charge in [-0.15, -0.1) is 0 Å². The van der Waals surface area contributed by atoms with Gasteiger partial charge in [0.25, 0.3) is 0 Å². The van der Waals surface area contributed by atoms with E-state index >= 15 is 0 Å². The van der Waals surface area contributed by atoms with E-state index in [9.17, 15) is 4.79 Å². The predicted octanol–water partition coefficient (Wildman–Crippen LogP) is 2.23. The Morgan fingerprint density at radius 1 is 1.60 bits per heavy atom. The molecular weight excluding hydrogens is 192 g/mol. The summed E-state index contributed by atoms with van der Waals surface area (Å²) in [6.07, 6.45) is 10.9. The smallest absolute Gasteiger partial charge is 0.330 e. The van der Waals surface area contributed by atoms with E-state index in [0.717, 1.165) is 12.8 Å². The van der Waals surface area contributed by atoms with Crippen LogP contribution in [0.1, 0.15) is 26.2 Å². The molecule has 0 spiro atoms. The molecule has 0 aromatic rings. The maximum absolute atomic E-state index is 10.8. The molecule has 3 nitrogen and oxygen atoms in total. The minimum Gasteiger partial charge on any atom is -0.466 e. The molecule has 0 aromatic heterocycles. The van der Waals surface area contributed by atoms with Crippen molar-refractivity contribution in [3.05, 3.63) is 24.3 Å². The monoisotopic (exact) mass is 210 g/mol. The Hall–Kier alpha value is -1.09. The summed E-state index contributed by atoms with van der Waals surface area (Å²) in [7, 11) is 1.36. The van der Waals surface area contributed by atoms with Crippen molar-refractivity contribution in [3.8, 4) is 0 Å². The van der Waals surface area contributed by atoms with Crippen LogP contribution in [0.4, 0.5) is 0 Å². The molecule has 1 rings (SSSR count). The molecule has 0 radical (unpaired) electrons. The molecule has 1 aliphatic rings. The molecule has 1 aliphatic carbocycles. The van der Waals surface area contributed by atoms with Crippen molar-refractivity contribution in [2.75, 3.05) is 7.11 Å². The molecule has 0 aliphatic heterocycles. The highest BCUT2D eigenvalue weighted by Gasteiger charge is 2.10. The van der Waals surface area contributed by atoms with Gasteiger partial charge in [-0.3, -0.25) is 0 Å². The van der Waals surface area contributed by atoms with Crippen LogP contribution in [-0.2, 0) is 14.3 Å². The van der Waals surface area contributed by atoms with E-state index in [-0.39, 0.29) is 18.2 Å². The van der Waals surface area contributed by atoms with Crippen LogP contribution in [-0.4, -0.2) is 25.3 Å². The quantitative estimate of drug-likeness (QED) is 0.405. The lowest BCUT2D eigenvalue weighted by atomic mass is 10.1. The van der Waals surface area contributed by atoms with Crippen LogP contribution in [0.15, 0.2) is 24.3 Å². The van der Waals surface area contributed by atoms with E-state index in [1.165, 1.54) is 19.6 Å². The number of hydrogen-bond donors (Lipinski definition) is 0. The number of methoxy groups -OCH3 is 1. The van der Waals surface area contributed by atoms with Gasteiger partial charge in [-0.25, -0.2) is 4.79 Å². The number of carbonyl (C=O) groups is 1. The molecule has 0 aromatic carbocycles. The summed E-state index contributed by atoms with van der Waals surface area (Å²) in [6, 6.07) is 0. The van der Waals surface area contributed by atoms with Crippen LogP contribution in [0.2, 0.25) is 0 Å². The number of ether oxygens (including phenoxy) is 2. The molecule has 0 saturated heterocycles. The molecule has 0 amide bonds. The number of carbonyl (C=O) groups excluding carboxylic acids is 1. The third-order valence-electron chi connectivity index (χ3n) is 2.30. The van der Waals surface area contributed by atoms with Crippen molar-refractivity contribution in [1.82, 2.24) is 0 Å². The van der Waals surface area contributed by atoms with Gasteiger partial charge in [0.15, 0.2) is 0 Å². The molecule has 0 bridgehead atoms. The number of rotatable bonds is 4. The van der Waals surface area contributed by atoms with Crippen molar-refractivity contribution < 1.29 is 14.3 Å². The Balaban J connectivity index is 2.31. The Kier molecular flexibility index (Phi) is 5.12. The van der Waals surface area contributed by atoms with Gasteiger partial charge >= 0.3 is 5.97 Å². The Morgan fingerprint density at radius 2 is 2.40 bits per heavy atom. The lowest BCUT2D eigenvalue weighted by Gasteiger charge is -2.19. The van der Waals surface area contributed by atoms with E-state index in [4.69, 9.17) is 4.74 Å². The second-order valence-corrected chi connectivity index (χ2v) is 3.62. The zero-order chi connectivity index (χ0) is 11.1. The van der Waals surface area contributed by atoms with Crippen LogP contribution in [0.3, 0.4) is 0 Å². The third-order valence-corrected chi connectivity index (χ3v) is 2.30. The molecular formula is C12H18O3. The fraction of sp³-hybridized carbons (Fsp3) is 0.583. The maximum atomic E-state index is 10.8. The zero-order valence-electron chi connectivity index (χ0n) is 9.31. The molecule has 84 valence electrons. The van der Waals surface area contributed by atoms with E-state index in [1.807, 2.05) is 6.92 Å². The average Bonchev–Trinajstić information content (AvgIpc) is 2.27. The standard InChI is InChI=1S/C12H18O3/c1-10(8-9-12(13)14-2)15-11-6-4-3-5-7-11/h4,6,8-11H,3,5,7H2,1-2H3/b9-8+/t10-,11?/m0/s1. The molecule has 1 unspecified atom stereocenters. The summed E-state index contributed by atoms with van der Waals surface area (Å²) in [5.41, 5.74) is 0. The molecule has 0 saturated carbocycles. The highest BCUT2D eigenvalue weighted by molar-refractivity contribution is 5.81. The van der Waals surface area contributed by atoms with E-state index < -0.39 is 0 Å². The predicted molar refractivity (Wildman–Crippen MR) is 58.5 cm³/mol. The first-order chi connectivity index (χ1) is 7.22. The third kappa shape index (κ3) is 4.79. The highest BCUT2D eigenvalue weighted by atomic mass is 16.5. The van der Waals surface area contributed by atoms with Crippen LogP contribution < -0.4 is 0 Å². The lowest BCUT2D eigenvalue weighted by molar-refractivity contribution is -0.134. The SMILES string of the molecule is COC(=O)/C=C/[C@H](C)OC1C=CCCC1. The molecule has 0 N–H and O–H groups in total. The number of hydrogen-bond acceptors (Lipinski definition) is 3. The average molecular weight is 210 g/mol. The van der Waals surface area contributed by atoms with Crippen LogP contribution in [0.25, 0.3) is 0 Å². The van der Waals surface area contributed by atoms with Crippen molar-refractivity contribution >= 4 is 5.97 Å². The van der Waals surface area contributed by atoms with Crippen molar-refractivity contribution in [3.63, 3.8) is 0 Å². The van der Waals surface area contributed by atoms with Gasteiger partial charge < -0.3 is 9.47 Å². The summed E-state index contributed by atoms with van der Waals surface area (Å²) in [6.45, 7) is 1.92. The molecule has 0 heterocycles. The van der Waals surface area contributed by atoms with E-state index in [0.29, 0.717) is 0 Å². The normalized spacial score (nSPS) is 22.9. The first-order valence-corrected chi connectivity index (χ1v) is 5.30. The van der Waals surface area contributed by atoms with Crippen LogP contribution in [0, 0.1) is 0 Å². The fourth-order valence-electron chi connectivity index (χ4n) is 1.50. The first kappa shape index (κ1) is 12.0. The second-order valence-electron chi connectivity index (χ2n) is 3.62. The topological polar surface area (TPSA) is 35.5 Å². The zero-order valence-corrected chi connectivity index (χ0v) is 9.31. The minimum absolute atomic E-state index is 0.0585.